The van der Waals surface area contributed by atoms with Gasteiger partial charge in [0.15, 0.2) is 5.82 Å². The average molecular weight is 715 g/mol. The van der Waals surface area contributed by atoms with Crippen molar-refractivity contribution in [3.8, 4) is 56.3 Å². The van der Waals surface area contributed by atoms with Crippen LogP contribution in [0.15, 0.2) is 206 Å². The van der Waals surface area contributed by atoms with Crippen molar-refractivity contribution in [3.63, 3.8) is 0 Å². The van der Waals surface area contributed by atoms with Gasteiger partial charge in [-0.25, -0.2) is 9.97 Å². The first kappa shape index (κ1) is 31.9. The van der Waals surface area contributed by atoms with Gasteiger partial charge in [-0.05, 0) is 95.1 Å². The van der Waals surface area contributed by atoms with E-state index >= 15 is 0 Å². The molecule has 8 aromatic carbocycles. The van der Waals surface area contributed by atoms with Crippen molar-refractivity contribution in [2.75, 3.05) is 0 Å². The number of nitrogens with zero attached hydrogens (tertiary/aromatic N) is 4. The van der Waals surface area contributed by atoms with Gasteiger partial charge in [-0.3, -0.25) is 0 Å². The standard InChI is InChI=1S/C52H34N4/c1-4-15-35(16-5-1)38-31-39(36-17-6-2-7-18-36)33-40(32-38)51-43-23-10-12-25-46(43)53-52(54-51)37-19-14-22-42(34-37)56-48-26-13-11-24-44(48)50-45-29-30-55(41-20-8-3-9-21-41)47(45)27-28-49(50)56/h1-34H. The summed E-state index contributed by atoms with van der Waals surface area (Å²) in [5, 5.41) is 4.72. The van der Waals surface area contributed by atoms with Gasteiger partial charge in [-0.2, -0.15) is 0 Å². The molecule has 4 heteroatoms. The fraction of sp³-hybridized carbons (Fsp3) is 0. The van der Waals surface area contributed by atoms with E-state index in [1.807, 2.05) is 0 Å². The second kappa shape index (κ2) is 13.1. The lowest BCUT2D eigenvalue weighted by Crippen LogP contribution is -1.98. The zero-order valence-corrected chi connectivity index (χ0v) is 30.4. The van der Waals surface area contributed by atoms with E-state index in [0.717, 1.165) is 72.4 Å². The zero-order valence-electron chi connectivity index (χ0n) is 30.4. The molecule has 0 amide bonds. The quantitative estimate of drug-likeness (QED) is 0.172. The molecule has 0 aliphatic rings. The van der Waals surface area contributed by atoms with Gasteiger partial charge in [-0.15, -0.1) is 0 Å². The average Bonchev–Trinajstić information content (AvgIpc) is 3.86. The van der Waals surface area contributed by atoms with Crippen LogP contribution in [0.1, 0.15) is 0 Å². The molecule has 11 aromatic rings. The van der Waals surface area contributed by atoms with E-state index in [-0.39, 0.29) is 0 Å². The van der Waals surface area contributed by atoms with Crippen LogP contribution in [0.25, 0.3) is 99.9 Å². The van der Waals surface area contributed by atoms with Crippen molar-refractivity contribution >= 4 is 43.6 Å². The predicted octanol–water partition coefficient (Wildman–Crippen LogP) is 13.3. The van der Waals surface area contributed by atoms with E-state index < -0.39 is 0 Å². The van der Waals surface area contributed by atoms with Crippen molar-refractivity contribution in [2.24, 2.45) is 0 Å². The third-order valence-electron chi connectivity index (χ3n) is 10.9. The molecule has 4 nitrogen and oxygen atoms in total. The third-order valence-corrected chi connectivity index (χ3v) is 10.9. The van der Waals surface area contributed by atoms with Crippen molar-refractivity contribution in [3.05, 3.63) is 206 Å². The van der Waals surface area contributed by atoms with Crippen molar-refractivity contribution in [2.45, 2.75) is 0 Å². The number of fused-ring (bicyclic) bond motifs is 6. The second-order valence-corrected chi connectivity index (χ2v) is 14.3. The SMILES string of the molecule is c1ccc(-c2cc(-c3ccccc3)cc(-c3nc(-c4cccc(-n5c6ccccc6c6c7ccn(-c8ccccc8)c7ccc65)c4)nc4ccccc34)c2)cc1. The topological polar surface area (TPSA) is 35.6 Å². The first-order valence-electron chi connectivity index (χ1n) is 19.0. The van der Waals surface area contributed by atoms with Crippen LogP contribution in [-0.2, 0) is 0 Å². The Balaban J connectivity index is 1.09. The van der Waals surface area contributed by atoms with Crippen molar-refractivity contribution in [1.29, 1.82) is 0 Å². The Bertz CT molecular complexity index is 3170. The summed E-state index contributed by atoms with van der Waals surface area (Å²) in [6.45, 7) is 0. The molecule has 0 saturated carbocycles. The van der Waals surface area contributed by atoms with Crippen LogP contribution in [-0.4, -0.2) is 19.1 Å². The lowest BCUT2D eigenvalue weighted by atomic mass is 9.94. The van der Waals surface area contributed by atoms with Gasteiger partial charge in [0.25, 0.3) is 0 Å². The molecule has 11 rings (SSSR count). The van der Waals surface area contributed by atoms with E-state index in [1.54, 1.807) is 0 Å². The summed E-state index contributed by atoms with van der Waals surface area (Å²) in [4.78, 5) is 10.6. The van der Waals surface area contributed by atoms with E-state index in [9.17, 15) is 0 Å². The third kappa shape index (κ3) is 5.31. The molecule has 0 N–H and O–H groups in total. The van der Waals surface area contributed by atoms with Crippen LogP contribution in [0.3, 0.4) is 0 Å². The molecule has 3 aromatic heterocycles. The summed E-state index contributed by atoms with van der Waals surface area (Å²) in [5.41, 5.74) is 14.2. The summed E-state index contributed by atoms with van der Waals surface area (Å²) < 4.78 is 4.65. The molecule has 0 saturated heterocycles. The maximum atomic E-state index is 5.41. The fourth-order valence-electron chi connectivity index (χ4n) is 8.34. The highest BCUT2D eigenvalue weighted by molar-refractivity contribution is 6.21. The van der Waals surface area contributed by atoms with Crippen LogP contribution in [0, 0.1) is 0 Å². The molecule has 3 heterocycles. The molecule has 0 fully saturated rings. The number of aromatic nitrogens is 4. The Hall–Kier alpha value is -7.56. The predicted molar refractivity (Wildman–Crippen MR) is 232 cm³/mol. The first-order chi connectivity index (χ1) is 27.8. The lowest BCUT2D eigenvalue weighted by molar-refractivity contribution is 1.13. The number of para-hydroxylation sites is 3. The molecule has 262 valence electrons. The Morgan fingerprint density at radius 3 is 1.66 bits per heavy atom. The highest BCUT2D eigenvalue weighted by atomic mass is 15.0. The van der Waals surface area contributed by atoms with Crippen LogP contribution in [0.4, 0.5) is 0 Å². The van der Waals surface area contributed by atoms with E-state index in [1.165, 1.54) is 21.7 Å². The van der Waals surface area contributed by atoms with Crippen LogP contribution < -0.4 is 0 Å². The van der Waals surface area contributed by atoms with E-state index in [2.05, 4.69) is 216 Å². The minimum absolute atomic E-state index is 0.690. The second-order valence-electron chi connectivity index (χ2n) is 14.3. The molecule has 0 bridgehead atoms. The first-order valence-corrected chi connectivity index (χ1v) is 19.0. The van der Waals surface area contributed by atoms with Gasteiger partial charge in [0, 0.05) is 50.2 Å². The van der Waals surface area contributed by atoms with Crippen molar-refractivity contribution in [1.82, 2.24) is 19.1 Å². The minimum Gasteiger partial charge on any atom is -0.317 e. The van der Waals surface area contributed by atoms with E-state index in [4.69, 9.17) is 9.97 Å². The maximum Gasteiger partial charge on any atom is 0.160 e. The lowest BCUT2D eigenvalue weighted by Gasteiger charge is -2.14. The van der Waals surface area contributed by atoms with Crippen molar-refractivity contribution < 1.29 is 0 Å². The van der Waals surface area contributed by atoms with Gasteiger partial charge < -0.3 is 9.13 Å². The summed E-state index contributed by atoms with van der Waals surface area (Å²) >= 11 is 0. The Morgan fingerprint density at radius 2 is 0.911 bits per heavy atom. The molecular formula is C52H34N4. The normalized spacial score (nSPS) is 11.6. The number of hydrogen-bond acceptors (Lipinski definition) is 2. The Labute approximate surface area is 324 Å². The molecule has 0 radical (unpaired) electrons. The molecule has 0 aliphatic heterocycles. The van der Waals surface area contributed by atoms with Gasteiger partial charge >= 0.3 is 0 Å². The van der Waals surface area contributed by atoms with Crippen LogP contribution >= 0.6 is 0 Å². The maximum absolute atomic E-state index is 5.41. The Morgan fingerprint density at radius 1 is 0.339 bits per heavy atom. The number of hydrogen-bond donors (Lipinski definition) is 0. The monoisotopic (exact) mass is 714 g/mol. The summed E-state index contributed by atoms with van der Waals surface area (Å²) in [6.07, 6.45) is 2.18. The summed E-state index contributed by atoms with van der Waals surface area (Å²) in [5.74, 6) is 0.690. The smallest absolute Gasteiger partial charge is 0.160 e. The van der Waals surface area contributed by atoms with Gasteiger partial charge in [0.1, 0.15) is 0 Å². The largest absolute Gasteiger partial charge is 0.317 e. The minimum atomic E-state index is 0.690. The highest BCUT2D eigenvalue weighted by Crippen LogP contribution is 2.40. The molecule has 0 spiro atoms. The van der Waals surface area contributed by atoms with E-state index in [0.29, 0.717) is 5.82 Å². The molecule has 56 heavy (non-hydrogen) atoms. The Kier molecular flexibility index (Phi) is 7.46. The summed E-state index contributed by atoms with van der Waals surface area (Å²) in [7, 11) is 0. The molecule has 0 unspecified atom stereocenters. The van der Waals surface area contributed by atoms with Gasteiger partial charge in [0.2, 0.25) is 0 Å². The van der Waals surface area contributed by atoms with Gasteiger partial charge in [-0.1, -0.05) is 127 Å². The fourth-order valence-corrected chi connectivity index (χ4v) is 8.34. The summed E-state index contributed by atoms with van der Waals surface area (Å²) in [6, 6.07) is 71.0. The molecule has 0 aliphatic carbocycles. The zero-order chi connectivity index (χ0) is 37.0. The molecule has 0 atom stereocenters. The van der Waals surface area contributed by atoms with Crippen LogP contribution in [0.2, 0.25) is 0 Å². The van der Waals surface area contributed by atoms with Crippen LogP contribution in [0.5, 0.6) is 0 Å². The number of benzene rings is 8. The highest BCUT2D eigenvalue weighted by Gasteiger charge is 2.19. The van der Waals surface area contributed by atoms with Gasteiger partial charge in [0.05, 0.1) is 27.8 Å². The molecular weight excluding hydrogens is 681 g/mol. The number of rotatable bonds is 6.